The minimum absolute atomic E-state index is 0.421. The van der Waals surface area contributed by atoms with E-state index < -0.39 is 6.09 Å². The average Bonchev–Trinajstić information content (AvgIpc) is 2.88. The molecule has 1 amide bonds. The Morgan fingerprint density at radius 2 is 1.95 bits per heavy atom. The fourth-order valence-corrected chi connectivity index (χ4v) is 2.19. The highest BCUT2D eigenvalue weighted by Gasteiger charge is 2.07. The number of unbranched alkanes of at least 4 members (excludes halogenated alkanes) is 5. The molecule has 0 saturated heterocycles. The van der Waals surface area contributed by atoms with Crippen molar-refractivity contribution >= 4 is 23.1 Å². The molecule has 2 N–H and O–H groups in total. The highest BCUT2D eigenvalue weighted by atomic mass is 16.5. The van der Waals surface area contributed by atoms with Crippen LogP contribution in [0.3, 0.4) is 0 Å². The molecule has 0 aliphatic rings. The summed E-state index contributed by atoms with van der Waals surface area (Å²) in [5, 5.41) is 2.61. The topological polar surface area (TPSA) is 67.0 Å². The standard InChI is InChI=1S/C16H23N3O2/c1-2-3-4-5-6-9-12-21-16(20)19-15-17-13-10-7-8-11-14(13)18-15/h7-8,10-11H,2-6,9,12H2,1H3,(H2,17,18,19,20). The zero-order valence-corrected chi connectivity index (χ0v) is 12.5. The second-order valence-corrected chi connectivity index (χ2v) is 5.13. The first-order chi connectivity index (χ1) is 10.3. The number of imidazole rings is 1. The molecule has 1 aromatic carbocycles. The lowest BCUT2D eigenvalue weighted by Gasteiger charge is -2.04. The molecule has 0 spiro atoms. The molecule has 0 radical (unpaired) electrons. The molecule has 2 rings (SSSR count). The summed E-state index contributed by atoms with van der Waals surface area (Å²) in [6.45, 7) is 2.66. The maximum atomic E-state index is 11.6. The molecule has 21 heavy (non-hydrogen) atoms. The van der Waals surface area contributed by atoms with Crippen LogP contribution in [-0.2, 0) is 4.74 Å². The molecule has 0 aliphatic carbocycles. The lowest BCUT2D eigenvalue weighted by Crippen LogP contribution is -2.15. The average molecular weight is 289 g/mol. The zero-order chi connectivity index (χ0) is 14.9. The van der Waals surface area contributed by atoms with Gasteiger partial charge in [-0.1, -0.05) is 51.2 Å². The van der Waals surface area contributed by atoms with E-state index in [1.54, 1.807) is 0 Å². The van der Waals surface area contributed by atoms with E-state index in [9.17, 15) is 4.79 Å². The Balaban J connectivity index is 1.65. The minimum Gasteiger partial charge on any atom is -0.449 e. The highest BCUT2D eigenvalue weighted by Crippen LogP contribution is 2.13. The van der Waals surface area contributed by atoms with Crippen molar-refractivity contribution < 1.29 is 9.53 Å². The molecule has 5 heteroatoms. The smallest absolute Gasteiger partial charge is 0.413 e. The summed E-state index contributed by atoms with van der Waals surface area (Å²) in [4.78, 5) is 18.9. The SMILES string of the molecule is CCCCCCCCOC(=O)Nc1nc2ccccc2[nH]1. The summed E-state index contributed by atoms with van der Waals surface area (Å²) >= 11 is 0. The van der Waals surface area contributed by atoms with Gasteiger partial charge in [-0.3, -0.25) is 5.32 Å². The van der Waals surface area contributed by atoms with Gasteiger partial charge in [0, 0.05) is 0 Å². The highest BCUT2D eigenvalue weighted by molar-refractivity contribution is 5.86. The van der Waals surface area contributed by atoms with E-state index in [1.165, 1.54) is 25.7 Å². The van der Waals surface area contributed by atoms with Gasteiger partial charge in [0.15, 0.2) is 0 Å². The molecule has 5 nitrogen and oxygen atoms in total. The molecular formula is C16H23N3O2. The molecule has 0 unspecified atom stereocenters. The second-order valence-electron chi connectivity index (χ2n) is 5.13. The lowest BCUT2D eigenvalue weighted by molar-refractivity contribution is 0.159. The number of benzene rings is 1. The zero-order valence-electron chi connectivity index (χ0n) is 12.5. The molecule has 0 fully saturated rings. The van der Waals surface area contributed by atoms with Crippen molar-refractivity contribution in [2.45, 2.75) is 45.4 Å². The van der Waals surface area contributed by atoms with Gasteiger partial charge in [0.25, 0.3) is 0 Å². The Morgan fingerprint density at radius 1 is 1.19 bits per heavy atom. The van der Waals surface area contributed by atoms with Crippen LogP contribution in [0.2, 0.25) is 0 Å². The summed E-state index contributed by atoms with van der Waals surface area (Å²) in [5.74, 6) is 0.421. The number of nitrogens with zero attached hydrogens (tertiary/aromatic N) is 1. The first-order valence-corrected chi connectivity index (χ1v) is 7.68. The lowest BCUT2D eigenvalue weighted by atomic mass is 10.1. The number of H-pyrrole nitrogens is 1. The van der Waals surface area contributed by atoms with Crippen molar-refractivity contribution in [3.05, 3.63) is 24.3 Å². The van der Waals surface area contributed by atoms with Crippen molar-refractivity contribution in [1.82, 2.24) is 9.97 Å². The van der Waals surface area contributed by atoms with Crippen molar-refractivity contribution in [3.63, 3.8) is 0 Å². The van der Waals surface area contributed by atoms with E-state index in [4.69, 9.17) is 4.74 Å². The van der Waals surface area contributed by atoms with Crippen LogP contribution in [0.4, 0.5) is 10.7 Å². The number of hydrogen-bond acceptors (Lipinski definition) is 3. The Bertz CT molecular complexity index is 532. The predicted molar refractivity (Wildman–Crippen MR) is 84.4 cm³/mol. The van der Waals surface area contributed by atoms with E-state index in [1.807, 2.05) is 24.3 Å². The van der Waals surface area contributed by atoms with Gasteiger partial charge >= 0.3 is 6.09 Å². The Morgan fingerprint density at radius 3 is 2.76 bits per heavy atom. The van der Waals surface area contributed by atoms with Crippen molar-refractivity contribution in [3.8, 4) is 0 Å². The molecule has 2 aromatic rings. The van der Waals surface area contributed by atoms with Crippen LogP contribution in [0.5, 0.6) is 0 Å². The van der Waals surface area contributed by atoms with Crippen LogP contribution in [0, 0.1) is 0 Å². The minimum atomic E-state index is -0.456. The number of rotatable bonds is 8. The normalized spacial score (nSPS) is 10.7. The largest absolute Gasteiger partial charge is 0.449 e. The third-order valence-corrected chi connectivity index (χ3v) is 3.34. The number of aromatic amines is 1. The summed E-state index contributed by atoms with van der Waals surface area (Å²) in [6.07, 6.45) is 6.57. The van der Waals surface area contributed by atoms with E-state index >= 15 is 0 Å². The number of ether oxygens (including phenoxy) is 1. The van der Waals surface area contributed by atoms with E-state index in [0.717, 1.165) is 23.9 Å². The van der Waals surface area contributed by atoms with Gasteiger partial charge in [0.2, 0.25) is 5.95 Å². The Kier molecular flexibility index (Phi) is 6.06. The van der Waals surface area contributed by atoms with Crippen LogP contribution < -0.4 is 5.32 Å². The first kappa shape index (κ1) is 15.4. The third kappa shape index (κ3) is 5.10. The van der Waals surface area contributed by atoms with Crippen LogP contribution >= 0.6 is 0 Å². The molecule has 0 saturated carbocycles. The quantitative estimate of drug-likeness (QED) is 0.704. The van der Waals surface area contributed by atoms with Gasteiger partial charge in [0.1, 0.15) is 0 Å². The summed E-state index contributed by atoms with van der Waals surface area (Å²) in [7, 11) is 0. The fourth-order valence-electron chi connectivity index (χ4n) is 2.19. The monoisotopic (exact) mass is 289 g/mol. The molecule has 114 valence electrons. The van der Waals surface area contributed by atoms with E-state index in [-0.39, 0.29) is 0 Å². The van der Waals surface area contributed by atoms with Crippen molar-refractivity contribution in [1.29, 1.82) is 0 Å². The molecule has 0 bridgehead atoms. The number of para-hydroxylation sites is 2. The maximum absolute atomic E-state index is 11.6. The van der Waals surface area contributed by atoms with Gasteiger partial charge in [-0.05, 0) is 18.6 Å². The number of carbonyl (C=O) groups is 1. The summed E-state index contributed by atoms with van der Waals surface area (Å²) in [5.41, 5.74) is 1.72. The van der Waals surface area contributed by atoms with Gasteiger partial charge < -0.3 is 9.72 Å². The van der Waals surface area contributed by atoms with Crippen LogP contribution in [0.25, 0.3) is 11.0 Å². The van der Waals surface area contributed by atoms with Crippen molar-refractivity contribution in [2.75, 3.05) is 11.9 Å². The van der Waals surface area contributed by atoms with Crippen LogP contribution in [0.15, 0.2) is 24.3 Å². The number of fused-ring (bicyclic) bond motifs is 1. The van der Waals surface area contributed by atoms with Gasteiger partial charge in [-0.2, -0.15) is 0 Å². The van der Waals surface area contributed by atoms with Crippen LogP contribution in [-0.4, -0.2) is 22.7 Å². The summed E-state index contributed by atoms with van der Waals surface area (Å²) in [6, 6.07) is 7.62. The van der Waals surface area contributed by atoms with Gasteiger partial charge in [-0.15, -0.1) is 0 Å². The van der Waals surface area contributed by atoms with E-state index in [2.05, 4.69) is 22.2 Å². The second kappa shape index (κ2) is 8.29. The number of hydrogen-bond donors (Lipinski definition) is 2. The molecule has 0 atom stereocenters. The number of amides is 1. The van der Waals surface area contributed by atoms with E-state index in [0.29, 0.717) is 12.6 Å². The number of nitrogens with one attached hydrogen (secondary N) is 2. The number of anilines is 1. The molecule has 1 aromatic heterocycles. The first-order valence-electron chi connectivity index (χ1n) is 7.68. The molecule has 1 heterocycles. The van der Waals surface area contributed by atoms with Crippen LogP contribution in [0.1, 0.15) is 45.4 Å². The predicted octanol–water partition coefficient (Wildman–Crippen LogP) is 4.47. The van der Waals surface area contributed by atoms with Gasteiger partial charge in [-0.25, -0.2) is 9.78 Å². The molecular weight excluding hydrogens is 266 g/mol. The maximum Gasteiger partial charge on any atom is 0.413 e. The Hall–Kier alpha value is -2.04. The Labute approximate surface area is 125 Å². The molecule has 0 aliphatic heterocycles. The van der Waals surface area contributed by atoms with Gasteiger partial charge in [0.05, 0.1) is 17.6 Å². The summed E-state index contributed by atoms with van der Waals surface area (Å²) < 4.78 is 5.14. The number of aromatic nitrogens is 2. The number of carbonyl (C=O) groups excluding carboxylic acids is 1. The third-order valence-electron chi connectivity index (χ3n) is 3.34. The van der Waals surface area contributed by atoms with Crippen molar-refractivity contribution in [2.24, 2.45) is 0 Å². The fraction of sp³-hybridized carbons (Fsp3) is 0.500.